The molecule has 1 fully saturated rings. The maximum Gasteiger partial charge on any atom is 0.193 e. The minimum atomic E-state index is 0.496. The number of aliphatic imine (C=N–C) groups is 1. The predicted octanol–water partition coefficient (Wildman–Crippen LogP) is 2.09. The molecule has 0 amide bonds. The molecule has 1 aromatic rings. The number of unbranched alkanes of at least 4 members (excludes halogenated alkanes) is 1. The van der Waals surface area contributed by atoms with Crippen LogP contribution in [0.5, 0.6) is 0 Å². The van der Waals surface area contributed by atoms with Crippen molar-refractivity contribution in [2.75, 3.05) is 44.7 Å². The number of hydrogen-bond donors (Lipinski definition) is 2. The number of hydrogen-bond acceptors (Lipinski definition) is 3. The van der Waals surface area contributed by atoms with E-state index < -0.39 is 0 Å². The first kappa shape index (κ1) is 16.8. The molecule has 1 saturated heterocycles. The number of ether oxygens (including phenoxy) is 1. The number of benzene rings is 1. The Morgan fingerprint density at radius 1 is 1.23 bits per heavy atom. The van der Waals surface area contributed by atoms with Crippen molar-refractivity contribution in [2.45, 2.75) is 26.2 Å². The van der Waals surface area contributed by atoms with Gasteiger partial charge in [-0.05, 0) is 43.5 Å². The van der Waals surface area contributed by atoms with Gasteiger partial charge in [0.2, 0.25) is 0 Å². The number of anilines is 1. The van der Waals surface area contributed by atoms with E-state index in [9.17, 15) is 0 Å². The lowest BCUT2D eigenvalue weighted by Crippen LogP contribution is -2.36. The molecule has 3 N–H and O–H groups in total. The molecule has 1 aliphatic rings. The fourth-order valence-corrected chi connectivity index (χ4v) is 2.48. The van der Waals surface area contributed by atoms with Gasteiger partial charge >= 0.3 is 0 Å². The molecule has 22 heavy (non-hydrogen) atoms. The van der Waals surface area contributed by atoms with Crippen LogP contribution < -0.4 is 11.1 Å². The summed E-state index contributed by atoms with van der Waals surface area (Å²) < 4.78 is 5.34. The maximum atomic E-state index is 5.91. The minimum absolute atomic E-state index is 0.496. The van der Waals surface area contributed by atoms with Crippen LogP contribution >= 0.6 is 0 Å². The third-order valence-corrected chi connectivity index (χ3v) is 3.90. The van der Waals surface area contributed by atoms with Crippen molar-refractivity contribution in [3.05, 3.63) is 29.8 Å². The van der Waals surface area contributed by atoms with Crippen LogP contribution in [0.4, 0.5) is 5.69 Å². The van der Waals surface area contributed by atoms with Crippen molar-refractivity contribution in [1.29, 1.82) is 0 Å². The highest BCUT2D eigenvalue weighted by Gasteiger charge is 2.08. The van der Waals surface area contributed by atoms with Crippen molar-refractivity contribution >= 4 is 11.6 Å². The van der Waals surface area contributed by atoms with Crippen molar-refractivity contribution < 1.29 is 4.74 Å². The Hall–Kier alpha value is -1.59. The average Bonchev–Trinajstić information content (AvgIpc) is 2.56. The summed E-state index contributed by atoms with van der Waals surface area (Å²) in [5.41, 5.74) is 8.23. The molecule has 122 valence electrons. The van der Waals surface area contributed by atoms with Crippen LogP contribution in [0.2, 0.25) is 0 Å². The van der Waals surface area contributed by atoms with E-state index in [4.69, 9.17) is 10.5 Å². The summed E-state index contributed by atoms with van der Waals surface area (Å²) in [7, 11) is 0. The molecule has 0 atom stereocenters. The molecule has 0 radical (unpaired) electrons. The van der Waals surface area contributed by atoms with Gasteiger partial charge in [-0.25, -0.2) is 0 Å². The quantitative estimate of drug-likeness (QED) is 0.460. The summed E-state index contributed by atoms with van der Waals surface area (Å²) in [6, 6.07) is 8.30. The summed E-state index contributed by atoms with van der Waals surface area (Å²) in [6.07, 6.45) is 3.27. The number of rotatable bonds is 7. The van der Waals surface area contributed by atoms with Gasteiger partial charge in [0.25, 0.3) is 0 Å². The fourth-order valence-electron chi connectivity index (χ4n) is 2.48. The standard InChI is InChI=1S/C17H28N4O/c1-2-15-5-7-16(8-6-15)20-17(18)19-9-3-4-10-21-11-13-22-14-12-21/h5-8H,2-4,9-14H2,1H3,(H3,18,19,20). The normalized spacial score (nSPS) is 16.7. The van der Waals surface area contributed by atoms with Crippen LogP contribution in [-0.4, -0.2) is 50.3 Å². The van der Waals surface area contributed by atoms with Crippen LogP contribution in [0.15, 0.2) is 29.3 Å². The predicted molar refractivity (Wildman–Crippen MR) is 92.4 cm³/mol. The van der Waals surface area contributed by atoms with Crippen LogP contribution in [0.3, 0.4) is 0 Å². The van der Waals surface area contributed by atoms with Crippen molar-refractivity contribution in [3.63, 3.8) is 0 Å². The third-order valence-electron chi connectivity index (χ3n) is 3.90. The van der Waals surface area contributed by atoms with Crippen molar-refractivity contribution in [3.8, 4) is 0 Å². The van der Waals surface area contributed by atoms with Crippen LogP contribution in [-0.2, 0) is 11.2 Å². The lowest BCUT2D eigenvalue weighted by atomic mass is 10.1. The number of aryl methyl sites for hydroxylation is 1. The van der Waals surface area contributed by atoms with Crippen molar-refractivity contribution in [2.24, 2.45) is 10.7 Å². The van der Waals surface area contributed by atoms with Gasteiger partial charge in [0.1, 0.15) is 0 Å². The topological polar surface area (TPSA) is 62.9 Å². The lowest BCUT2D eigenvalue weighted by Gasteiger charge is -2.26. The second kappa shape index (κ2) is 9.43. The highest BCUT2D eigenvalue weighted by atomic mass is 16.5. The Kier molecular flexibility index (Phi) is 7.19. The number of nitrogens with one attached hydrogen (secondary N) is 1. The summed E-state index contributed by atoms with van der Waals surface area (Å²) in [5, 5.41) is 3.13. The van der Waals surface area contributed by atoms with Gasteiger partial charge in [-0.1, -0.05) is 19.1 Å². The first-order valence-electron chi connectivity index (χ1n) is 8.24. The zero-order chi connectivity index (χ0) is 15.6. The second-order valence-corrected chi connectivity index (χ2v) is 5.60. The van der Waals surface area contributed by atoms with E-state index in [-0.39, 0.29) is 0 Å². The Bertz CT molecular complexity index is 452. The van der Waals surface area contributed by atoms with Gasteiger partial charge in [-0.2, -0.15) is 0 Å². The molecule has 0 unspecified atom stereocenters. The SMILES string of the molecule is CCc1ccc(NC(N)=NCCCCN2CCOCC2)cc1. The molecule has 5 heteroatoms. The molecule has 1 aliphatic heterocycles. The molecule has 1 heterocycles. The van der Waals surface area contributed by atoms with Gasteiger partial charge in [0, 0.05) is 25.3 Å². The minimum Gasteiger partial charge on any atom is -0.379 e. The number of guanidine groups is 1. The Morgan fingerprint density at radius 3 is 2.64 bits per heavy atom. The largest absolute Gasteiger partial charge is 0.379 e. The molecular weight excluding hydrogens is 276 g/mol. The van der Waals surface area contributed by atoms with Gasteiger partial charge in [0.15, 0.2) is 5.96 Å². The Morgan fingerprint density at radius 2 is 1.95 bits per heavy atom. The van der Waals surface area contributed by atoms with Gasteiger partial charge < -0.3 is 15.8 Å². The number of morpholine rings is 1. The fraction of sp³-hybridized carbons (Fsp3) is 0.588. The summed E-state index contributed by atoms with van der Waals surface area (Å²) in [5.74, 6) is 0.496. The first-order chi connectivity index (χ1) is 10.8. The summed E-state index contributed by atoms with van der Waals surface area (Å²) in [4.78, 5) is 6.83. The zero-order valence-electron chi connectivity index (χ0n) is 13.6. The number of nitrogens with two attached hydrogens (primary N) is 1. The first-order valence-corrected chi connectivity index (χ1v) is 8.24. The van der Waals surface area contributed by atoms with Gasteiger partial charge in [-0.15, -0.1) is 0 Å². The molecule has 1 aromatic carbocycles. The van der Waals surface area contributed by atoms with Crippen LogP contribution in [0, 0.1) is 0 Å². The highest BCUT2D eigenvalue weighted by molar-refractivity contribution is 5.92. The van der Waals surface area contributed by atoms with E-state index in [2.05, 4.69) is 34.3 Å². The smallest absolute Gasteiger partial charge is 0.193 e. The monoisotopic (exact) mass is 304 g/mol. The average molecular weight is 304 g/mol. The molecule has 0 aromatic heterocycles. The highest BCUT2D eigenvalue weighted by Crippen LogP contribution is 2.09. The van der Waals surface area contributed by atoms with E-state index in [1.807, 2.05) is 12.1 Å². The molecule has 0 spiro atoms. The molecule has 0 bridgehead atoms. The van der Waals surface area contributed by atoms with E-state index in [1.54, 1.807) is 0 Å². The Balaban J connectivity index is 1.62. The maximum absolute atomic E-state index is 5.91. The van der Waals surface area contributed by atoms with E-state index in [1.165, 1.54) is 5.56 Å². The summed E-state index contributed by atoms with van der Waals surface area (Å²) in [6.45, 7) is 7.90. The van der Waals surface area contributed by atoms with E-state index >= 15 is 0 Å². The third kappa shape index (κ3) is 6.03. The van der Waals surface area contributed by atoms with Crippen LogP contribution in [0.1, 0.15) is 25.3 Å². The molecule has 0 aliphatic carbocycles. The zero-order valence-corrected chi connectivity index (χ0v) is 13.6. The molecule has 5 nitrogen and oxygen atoms in total. The Labute approximate surface area is 133 Å². The van der Waals surface area contributed by atoms with Crippen molar-refractivity contribution in [1.82, 2.24) is 4.90 Å². The molecule has 0 saturated carbocycles. The molecular formula is C17H28N4O. The second-order valence-electron chi connectivity index (χ2n) is 5.60. The van der Waals surface area contributed by atoms with Gasteiger partial charge in [-0.3, -0.25) is 9.89 Å². The van der Waals surface area contributed by atoms with Gasteiger partial charge in [0.05, 0.1) is 13.2 Å². The van der Waals surface area contributed by atoms with E-state index in [0.29, 0.717) is 5.96 Å². The van der Waals surface area contributed by atoms with E-state index in [0.717, 1.165) is 64.3 Å². The number of nitrogens with zero attached hydrogens (tertiary/aromatic N) is 2. The van der Waals surface area contributed by atoms with Crippen LogP contribution in [0.25, 0.3) is 0 Å². The summed E-state index contributed by atoms with van der Waals surface area (Å²) >= 11 is 0. The lowest BCUT2D eigenvalue weighted by molar-refractivity contribution is 0.0373. The molecule has 2 rings (SSSR count).